The second-order valence-electron chi connectivity index (χ2n) is 3.67. The summed E-state index contributed by atoms with van der Waals surface area (Å²) in [5, 5.41) is 0. The molecule has 1 rings (SSSR count). The second-order valence-corrected chi connectivity index (χ2v) is 3.67. The van der Waals surface area contributed by atoms with E-state index in [0.29, 0.717) is 17.4 Å². The van der Waals surface area contributed by atoms with E-state index < -0.39 is 0 Å². The fourth-order valence-electron chi connectivity index (χ4n) is 1.62. The van der Waals surface area contributed by atoms with Gasteiger partial charge < -0.3 is 5.73 Å². The summed E-state index contributed by atoms with van der Waals surface area (Å²) in [4.78, 5) is 0. The topological polar surface area (TPSA) is 26.0 Å². The van der Waals surface area contributed by atoms with E-state index in [1.165, 1.54) is 5.57 Å². The van der Waals surface area contributed by atoms with Gasteiger partial charge in [-0.05, 0) is 12.3 Å². The molecule has 1 aliphatic carbocycles. The van der Waals surface area contributed by atoms with Crippen LogP contribution in [0.3, 0.4) is 0 Å². The van der Waals surface area contributed by atoms with E-state index in [9.17, 15) is 0 Å². The molecule has 1 fully saturated rings. The van der Waals surface area contributed by atoms with Crippen LogP contribution in [0.4, 0.5) is 0 Å². The molecule has 1 heteroatoms. The molecule has 1 saturated carbocycles. The molecule has 52 valence electrons. The highest BCUT2D eigenvalue weighted by Gasteiger charge is 2.55. The van der Waals surface area contributed by atoms with Crippen molar-refractivity contribution in [3.05, 3.63) is 12.2 Å². The average molecular weight is 125 g/mol. The van der Waals surface area contributed by atoms with E-state index >= 15 is 0 Å². The highest BCUT2D eigenvalue weighted by Crippen LogP contribution is 2.53. The third-order valence-electron chi connectivity index (χ3n) is 2.44. The van der Waals surface area contributed by atoms with Crippen molar-refractivity contribution in [3.8, 4) is 0 Å². The summed E-state index contributed by atoms with van der Waals surface area (Å²) in [6.45, 7) is 10.3. The lowest BCUT2D eigenvalue weighted by Gasteiger charge is -1.98. The van der Waals surface area contributed by atoms with Crippen LogP contribution in [0.2, 0.25) is 0 Å². The van der Waals surface area contributed by atoms with Crippen LogP contribution >= 0.6 is 0 Å². The molecule has 0 aromatic rings. The van der Waals surface area contributed by atoms with Crippen LogP contribution < -0.4 is 5.73 Å². The van der Waals surface area contributed by atoms with Gasteiger partial charge in [-0.3, -0.25) is 0 Å². The van der Waals surface area contributed by atoms with Crippen LogP contribution in [0, 0.1) is 11.3 Å². The third kappa shape index (κ3) is 0.799. The van der Waals surface area contributed by atoms with Gasteiger partial charge in [0.1, 0.15) is 0 Å². The van der Waals surface area contributed by atoms with E-state index in [1.807, 2.05) is 0 Å². The minimum absolute atomic E-state index is 0.325. The van der Waals surface area contributed by atoms with Gasteiger partial charge in [-0.15, -0.1) is 0 Å². The minimum Gasteiger partial charge on any atom is -0.327 e. The first-order chi connectivity index (χ1) is 3.98. The van der Waals surface area contributed by atoms with Crippen LogP contribution in [-0.4, -0.2) is 6.04 Å². The highest BCUT2D eigenvalue weighted by molar-refractivity contribution is 5.22. The molecule has 0 radical (unpaired) electrons. The smallest absolute Gasteiger partial charge is 0.0168 e. The zero-order valence-electron chi connectivity index (χ0n) is 6.44. The average Bonchev–Trinajstić information content (AvgIpc) is 2.07. The molecule has 2 atom stereocenters. The molecular formula is C8H15N. The van der Waals surface area contributed by atoms with Gasteiger partial charge in [-0.2, -0.15) is 0 Å². The highest BCUT2D eigenvalue weighted by atomic mass is 14.8. The molecule has 0 aliphatic heterocycles. The van der Waals surface area contributed by atoms with Gasteiger partial charge in [0.25, 0.3) is 0 Å². The maximum atomic E-state index is 5.78. The Morgan fingerprint density at radius 3 is 1.89 bits per heavy atom. The molecule has 0 heterocycles. The van der Waals surface area contributed by atoms with Crippen molar-refractivity contribution in [2.24, 2.45) is 17.1 Å². The van der Waals surface area contributed by atoms with Gasteiger partial charge in [-0.25, -0.2) is 0 Å². The van der Waals surface area contributed by atoms with Crippen molar-refractivity contribution in [3.63, 3.8) is 0 Å². The van der Waals surface area contributed by atoms with Crippen LogP contribution in [0.1, 0.15) is 20.8 Å². The summed E-state index contributed by atoms with van der Waals surface area (Å²) >= 11 is 0. The molecule has 0 amide bonds. The molecule has 0 aromatic carbocycles. The van der Waals surface area contributed by atoms with E-state index in [2.05, 4.69) is 27.4 Å². The van der Waals surface area contributed by atoms with Crippen LogP contribution in [0.5, 0.6) is 0 Å². The van der Waals surface area contributed by atoms with E-state index in [4.69, 9.17) is 5.73 Å². The Morgan fingerprint density at radius 1 is 1.56 bits per heavy atom. The standard InChI is InChI=1S/C8H15N/c1-5(2)6-7(9)8(6,3)4/h6-7H,1,9H2,2-4H3/t6-,7-/m1/s1. The molecule has 2 N–H and O–H groups in total. The lowest BCUT2D eigenvalue weighted by molar-refractivity contribution is 0.583. The van der Waals surface area contributed by atoms with Crippen molar-refractivity contribution in [1.82, 2.24) is 0 Å². The lowest BCUT2D eigenvalue weighted by Crippen LogP contribution is -2.06. The Hall–Kier alpha value is -0.300. The molecule has 0 aromatic heterocycles. The van der Waals surface area contributed by atoms with Crippen LogP contribution in [0.15, 0.2) is 12.2 Å². The molecule has 1 aliphatic rings. The number of hydrogen-bond acceptors (Lipinski definition) is 1. The molecule has 0 bridgehead atoms. The van der Waals surface area contributed by atoms with Crippen molar-refractivity contribution >= 4 is 0 Å². The molecule has 0 unspecified atom stereocenters. The van der Waals surface area contributed by atoms with Crippen molar-refractivity contribution < 1.29 is 0 Å². The first-order valence-corrected chi connectivity index (χ1v) is 3.39. The van der Waals surface area contributed by atoms with Crippen molar-refractivity contribution in [1.29, 1.82) is 0 Å². The summed E-state index contributed by atoms with van der Waals surface area (Å²) in [7, 11) is 0. The predicted octanol–water partition coefficient (Wildman–Crippen LogP) is 1.55. The largest absolute Gasteiger partial charge is 0.327 e. The van der Waals surface area contributed by atoms with Gasteiger partial charge in [0.15, 0.2) is 0 Å². The Balaban J connectivity index is 2.62. The fraction of sp³-hybridized carbons (Fsp3) is 0.750. The normalized spacial score (nSPS) is 38.2. The monoisotopic (exact) mass is 125 g/mol. The van der Waals surface area contributed by atoms with Crippen molar-refractivity contribution in [2.75, 3.05) is 0 Å². The lowest BCUT2D eigenvalue weighted by atomic mass is 10.1. The number of hydrogen-bond donors (Lipinski definition) is 1. The zero-order chi connectivity index (χ0) is 7.23. The third-order valence-corrected chi connectivity index (χ3v) is 2.44. The summed E-state index contributed by atoms with van der Waals surface area (Å²) in [5.41, 5.74) is 7.34. The SMILES string of the molecule is C=C(C)[C@@H]1[C@@H](N)C1(C)C. The maximum Gasteiger partial charge on any atom is 0.0168 e. The minimum atomic E-state index is 0.325. The molecule has 1 nitrogen and oxygen atoms in total. The van der Waals surface area contributed by atoms with Gasteiger partial charge in [0, 0.05) is 12.0 Å². The molecule has 0 saturated heterocycles. The Bertz CT molecular complexity index is 147. The van der Waals surface area contributed by atoms with E-state index in [0.717, 1.165) is 0 Å². The second kappa shape index (κ2) is 1.60. The first kappa shape index (κ1) is 6.81. The number of rotatable bonds is 1. The van der Waals surface area contributed by atoms with Gasteiger partial charge in [0.05, 0.1) is 0 Å². The fourth-order valence-corrected chi connectivity index (χ4v) is 1.62. The van der Waals surface area contributed by atoms with Gasteiger partial charge in [0.2, 0.25) is 0 Å². The molecule has 0 spiro atoms. The van der Waals surface area contributed by atoms with Crippen molar-refractivity contribution in [2.45, 2.75) is 26.8 Å². The quantitative estimate of drug-likeness (QED) is 0.529. The molecular weight excluding hydrogens is 110 g/mol. The predicted molar refractivity (Wildman–Crippen MR) is 40.1 cm³/mol. The Labute approximate surface area is 56.9 Å². The van der Waals surface area contributed by atoms with Crippen LogP contribution in [0.25, 0.3) is 0 Å². The van der Waals surface area contributed by atoms with E-state index in [1.54, 1.807) is 0 Å². The Kier molecular flexibility index (Phi) is 1.21. The number of nitrogens with two attached hydrogens (primary N) is 1. The Morgan fingerprint density at radius 2 is 1.89 bits per heavy atom. The summed E-state index contributed by atoms with van der Waals surface area (Å²) in [6, 6.07) is 0.356. The van der Waals surface area contributed by atoms with Gasteiger partial charge >= 0.3 is 0 Å². The van der Waals surface area contributed by atoms with Crippen LogP contribution in [-0.2, 0) is 0 Å². The van der Waals surface area contributed by atoms with Gasteiger partial charge in [-0.1, -0.05) is 26.0 Å². The first-order valence-electron chi connectivity index (χ1n) is 3.39. The zero-order valence-corrected chi connectivity index (χ0v) is 6.44. The van der Waals surface area contributed by atoms with E-state index in [-0.39, 0.29) is 0 Å². The maximum absolute atomic E-state index is 5.78. The summed E-state index contributed by atoms with van der Waals surface area (Å²) in [6.07, 6.45) is 0. The summed E-state index contributed by atoms with van der Waals surface area (Å²) in [5.74, 6) is 0.567. The summed E-state index contributed by atoms with van der Waals surface area (Å²) < 4.78 is 0. The molecule has 9 heavy (non-hydrogen) atoms.